The van der Waals surface area contributed by atoms with Gasteiger partial charge in [0, 0.05) is 17.3 Å². The van der Waals surface area contributed by atoms with Crippen LogP contribution < -0.4 is 10.1 Å². The number of ether oxygens (including phenoxy) is 1. The van der Waals surface area contributed by atoms with Crippen LogP contribution in [0.4, 0.5) is 5.69 Å². The number of rotatable bonds is 8. The number of carbonyl (C=O) groups is 1. The zero-order valence-corrected chi connectivity index (χ0v) is 17.2. The van der Waals surface area contributed by atoms with Gasteiger partial charge in [0.05, 0.1) is 0 Å². The molecule has 1 amide bonds. The van der Waals surface area contributed by atoms with Crippen molar-refractivity contribution in [1.82, 2.24) is 0 Å². The van der Waals surface area contributed by atoms with Crippen LogP contribution in [0.5, 0.6) is 5.75 Å². The van der Waals surface area contributed by atoms with E-state index in [9.17, 15) is 4.79 Å². The van der Waals surface area contributed by atoms with Gasteiger partial charge in [0.15, 0.2) is 0 Å². The van der Waals surface area contributed by atoms with Gasteiger partial charge < -0.3 is 10.1 Å². The number of hydrogen-bond donors (Lipinski definition) is 1. The first-order valence-corrected chi connectivity index (χ1v) is 9.63. The smallest absolute Gasteiger partial charge is 0.255 e. The maximum Gasteiger partial charge on any atom is 0.255 e. The molecule has 0 fully saturated rings. The van der Waals surface area contributed by atoms with Crippen molar-refractivity contribution in [3.8, 4) is 5.75 Å². The van der Waals surface area contributed by atoms with Crippen molar-refractivity contribution in [2.75, 3.05) is 11.9 Å². The number of nitrogens with one attached hydrogen (secondary N) is 1. The number of anilines is 1. The highest BCUT2D eigenvalue weighted by molar-refractivity contribution is 6.04. The molecule has 0 saturated heterocycles. The van der Waals surface area contributed by atoms with E-state index in [1.54, 1.807) is 0 Å². The van der Waals surface area contributed by atoms with Crippen LogP contribution in [0.1, 0.15) is 48.7 Å². The van der Waals surface area contributed by atoms with Crippen LogP contribution in [0.15, 0.2) is 72.3 Å². The largest absolute Gasteiger partial charge is 0.489 e. The molecule has 0 aliphatic carbocycles. The van der Waals surface area contributed by atoms with Crippen LogP contribution in [0.2, 0.25) is 0 Å². The van der Waals surface area contributed by atoms with Crippen LogP contribution >= 0.6 is 0 Å². The summed E-state index contributed by atoms with van der Waals surface area (Å²) in [6.07, 6.45) is 11.1. The number of allylic oxidation sites excluding steroid dienone is 4. The standard InChI is InChI=1S/C25H29NO2/c1-5-7-16-28-24-13-9-12-23(18-24)26-25(27)22-15-14-20(4)21(17-22)11-8-10-19(3)6-2/h5,7-15,17-18H,6,16H2,1-4H3,(H,26,27)/b7-5+,11-8-,19-10+. The molecular weight excluding hydrogens is 346 g/mol. The Morgan fingerprint density at radius 3 is 2.75 bits per heavy atom. The second kappa shape index (κ2) is 10.9. The Hall–Kier alpha value is -3.07. The summed E-state index contributed by atoms with van der Waals surface area (Å²) in [5, 5.41) is 2.95. The minimum atomic E-state index is -0.138. The second-order valence-electron chi connectivity index (χ2n) is 6.66. The van der Waals surface area contributed by atoms with Crippen LogP contribution in [0.3, 0.4) is 0 Å². The van der Waals surface area contributed by atoms with Crippen LogP contribution in [-0.2, 0) is 0 Å². The van der Waals surface area contributed by atoms with Crippen molar-refractivity contribution in [1.29, 1.82) is 0 Å². The molecule has 3 heteroatoms. The third kappa shape index (κ3) is 6.58. The molecule has 0 heterocycles. The summed E-state index contributed by atoms with van der Waals surface area (Å²) in [5.74, 6) is 0.585. The van der Waals surface area contributed by atoms with Crippen molar-refractivity contribution < 1.29 is 9.53 Å². The number of carbonyl (C=O) groups excluding carboxylic acids is 1. The van der Waals surface area contributed by atoms with Gasteiger partial charge in [-0.05, 0) is 62.6 Å². The first-order valence-electron chi connectivity index (χ1n) is 9.63. The molecule has 2 aromatic rings. The Kier molecular flexibility index (Phi) is 8.29. The third-order valence-corrected chi connectivity index (χ3v) is 4.43. The second-order valence-corrected chi connectivity index (χ2v) is 6.66. The molecule has 0 unspecified atom stereocenters. The zero-order chi connectivity index (χ0) is 20.4. The third-order valence-electron chi connectivity index (χ3n) is 4.43. The van der Waals surface area contributed by atoms with E-state index in [2.05, 4.69) is 25.2 Å². The summed E-state index contributed by atoms with van der Waals surface area (Å²) in [4.78, 5) is 12.7. The van der Waals surface area contributed by atoms with Gasteiger partial charge in [-0.3, -0.25) is 4.79 Å². The number of aryl methyl sites for hydroxylation is 1. The molecule has 2 rings (SSSR count). The molecule has 0 saturated carbocycles. The fourth-order valence-electron chi connectivity index (χ4n) is 2.50. The average molecular weight is 376 g/mol. The van der Waals surface area contributed by atoms with Crippen molar-refractivity contribution in [2.45, 2.75) is 34.1 Å². The molecule has 3 nitrogen and oxygen atoms in total. The molecule has 0 spiro atoms. The van der Waals surface area contributed by atoms with Crippen LogP contribution in [0, 0.1) is 6.92 Å². The fraction of sp³-hybridized carbons (Fsp3) is 0.240. The Balaban J connectivity index is 2.12. The van der Waals surface area contributed by atoms with Crippen molar-refractivity contribution in [3.63, 3.8) is 0 Å². The number of amides is 1. The van der Waals surface area contributed by atoms with Crippen molar-refractivity contribution >= 4 is 17.7 Å². The summed E-state index contributed by atoms with van der Waals surface area (Å²) in [6.45, 7) is 8.75. The highest BCUT2D eigenvalue weighted by atomic mass is 16.5. The minimum absolute atomic E-state index is 0.138. The van der Waals surface area contributed by atoms with E-state index in [0.29, 0.717) is 17.9 Å². The van der Waals surface area contributed by atoms with E-state index in [4.69, 9.17) is 4.74 Å². The molecule has 0 bridgehead atoms. The first-order chi connectivity index (χ1) is 13.5. The molecule has 28 heavy (non-hydrogen) atoms. The summed E-state index contributed by atoms with van der Waals surface area (Å²) in [5.41, 5.74) is 4.83. The van der Waals surface area contributed by atoms with E-state index in [1.165, 1.54) is 5.57 Å². The first kappa shape index (κ1) is 21.2. The topological polar surface area (TPSA) is 38.3 Å². The summed E-state index contributed by atoms with van der Waals surface area (Å²) < 4.78 is 5.63. The van der Waals surface area contributed by atoms with Gasteiger partial charge in [0.2, 0.25) is 0 Å². The van der Waals surface area contributed by atoms with Crippen molar-refractivity contribution in [3.05, 3.63) is 89.0 Å². The molecule has 0 atom stereocenters. The maximum atomic E-state index is 12.7. The van der Waals surface area contributed by atoms with E-state index in [0.717, 1.165) is 23.3 Å². The predicted molar refractivity (Wildman–Crippen MR) is 119 cm³/mol. The van der Waals surface area contributed by atoms with Gasteiger partial charge in [0.1, 0.15) is 12.4 Å². The maximum absolute atomic E-state index is 12.7. The Morgan fingerprint density at radius 1 is 1.18 bits per heavy atom. The van der Waals surface area contributed by atoms with E-state index in [1.807, 2.05) is 80.6 Å². The monoisotopic (exact) mass is 375 g/mol. The van der Waals surface area contributed by atoms with E-state index < -0.39 is 0 Å². The van der Waals surface area contributed by atoms with Crippen molar-refractivity contribution in [2.24, 2.45) is 0 Å². The summed E-state index contributed by atoms with van der Waals surface area (Å²) in [7, 11) is 0. The quantitative estimate of drug-likeness (QED) is 0.418. The van der Waals surface area contributed by atoms with E-state index >= 15 is 0 Å². The molecular formula is C25H29NO2. The number of hydrogen-bond acceptors (Lipinski definition) is 2. The lowest BCUT2D eigenvalue weighted by molar-refractivity contribution is 0.102. The lowest BCUT2D eigenvalue weighted by Crippen LogP contribution is -2.12. The van der Waals surface area contributed by atoms with Crippen LogP contribution in [0.25, 0.3) is 6.08 Å². The Morgan fingerprint density at radius 2 is 2.00 bits per heavy atom. The lowest BCUT2D eigenvalue weighted by atomic mass is 10.0. The van der Waals surface area contributed by atoms with Gasteiger partial charge in [-0.25, -0.2) is 0 Å². The molecule has 0 aromatic heterocycles. The predicted octanol–water partition coefficient (Wildman–Crippen LogP) is 6.57. The highest BCUT2D eigenvalue weighted by Crippen LogP contribution is 2.19. The minimum Gasteiger partial charge on any atom is -0.489 e. The zero-order valence-electron chi connectivity index (χ0n) is 17.2. The van der Waals surface area contributed by atoms with Gasteiger partial charge >= 0.3 is 0 Å². The van der Waals surface area contributed by atoms with Gasteiger partial charge in [-0.15, -0.1) is 0 Å². The molecule has 0 aliphatic rings. The fourth-order valence-corrected chi connectivity index (χ4v) is 2.50. The average Bonchev–Trinajstić information content (AvgIpc) is 2.69. The summed E-state index contributed by atoms with van der Waals surface area (Å²) in [6, 6.07) is 13.2. The van der Waals surface area contributed by atoms with Gasteiger partial charge in [-0.1, -0.05) is 55.0 Å². The normalized spacial score (nSPS) is 11.9. The summed E-state index contributed by atoms with van der Waals surface area (Å²) >= 11 is 0. The molecule has 0 radical (unpaired) electrons. The Bertz CT molecular complexity index is 891. The molecule has 146 valence electrons. The molecule has 0 aliphatic heterocycles. The highest BCUT2D eigenvalue weighted by Gasteiger charge is 2.08. The lowest BCUT2D eigenvalue weighted by Gasteiger charge is -2.09. The number of benzene rings is 2. The SMILES string of the molecule is C/C=C/COc1cccc(NC(=O)c2ccc(C)c(/C=C\C=C(/C)CC)c2)c1. The Labute approximate surface area is 168 Å². The van der Waals surface area contributed by atoms with Gasteiger partial charge in [0.25, 0.3) is 5.91 Å². The molecule has 2 aromatic carbocycles. The van der Waals surface area contributed by atoms with Gasteiger partial charge in [-0.2, -0.15) is 0 Å². The van der Waals surface area contributed by atoms with E-state index in [-0.39, 0.29) is 5.91 Å². The van der Waals surface area contributed by atoms with Crippen LogP contribution in [-0.4, -0.2) is 12.5 Å². The molecule has 1 N–H and O–H groups in total.